The number of halogens is 1. The Morgan fingerprint density at radius 1 is 1.40 bits per heavy atom. The van der Waals surface area contributed by atoms with Crippen LogP contribution in [-0.4, -0.2) is 22.2 Å². The van der Waals surface area contributed by atoms with E-state index in [4.69, 9.17) is 17.3 Å². The van der Waals surface area contributed by atoms with E-state index in [0.717, 1.165) is 5.56 Å². The van der Waals surface area contributed by atoms with Crippen LogP contribution in [0.2, 0.25) is 0 Å². The largest absolute Gasteiger partial charge is 0.398 e. The fourth-order valence-electron chi connectivity index (χ4n) is 1.44. The maximum atomic E-state index is 9.80. The molecular weight excluding hydrogens is 214 g/mol. The Morgan fingerprint density at radius 3 is 2.60 bits per heavy atom. The summed E-state index contributed by atoms with van der Waals surface area (Å²) >= 11 is 5.49. The second kappa shape index (κ2) is 5.35. The zero-order valence-electron chi connectivity index (χ0n) is 8.65. The predicted molar refractivity (Wildman–Crippen MR) is 61.9 cm³/mol. The van der Waals surface area contributed by atoms with E-state index >= 15 is 0 Å². The smallest absolute Gasteiger partial charge is 0.107 e. The van der Waals surface area contributed by atoms with Crippen molar-refractivity contribution in [1.82, 2.24) is 0 Å². The van der Waals surface area contributed by atoms with Crippen molar-refractivity contribution in [2.45, 2.75) is 25.6 Å². The van der Waals surface area contributed by atoms with Gasteiger partial charge in [-0.15, -0.1) is 11.6 Å². The number of benzene rings is 1. The van der Waals surface area contributed by atoms with Gasteiger partial charge in [0, 0.05) is 17.1 Å². The van der Waals surface area contributed by atoms with E-state index in [1.807, 2.05) is 13.0 Å². The van der Waals surface area contributed by atoms with Gasteiger partial charge in [-0.05, 0) is 25.0 Å². The average Bonchev–Trinajstić information content (AvgIpc) is 2.17. The number of aliphatic hydroxyl groups is 2. The molecular formula is C11H16ClNO2. The van der Waals surface area contributed by atoms with Gasteiger partial charge in [0.05, 0.1) is 6.10 Å². The molecule has 2 unspecified atom stereocenters. The van der Waals surface area contributed by atoms with Gasteiger partial charge in [0.15, 0.2) is 0 Å². The van der Waals surface area contributed by atoms with Crippen LogP contribution in [0.1, 0.15) is 23.7 Å². The highest BCUT2D eigenvalue weighted by Gasteiger charge is 2.19. The van der Waals surface area contributed by atoms with Crippen molar-refractivity contribution >= 4 is 17.3 Å². The molecule has 0 bridgehead atoms. The lowest BCUT2D eigenvalue weighted by Gasteiger charge is -2.19. The highest BCUT2D eigenvalue weighted by Crippen LogP contribution is 2.25. The summed E-state index contributed by atoms with van der Waals surface area (Å²) in [5.74, 6) is 0.310. The molecule has 0 saturated heterocycles. The van der Waals surface area contributed by atoms with Crippen LogP contribution in [0.5, 0.6) is 0 Å². The summed E-state index contributed by atoms with van der Waals surface area (Å²) in [6.45, 7) is 1.92. The Kier molecular flexibility index (Phi) is 4.39. The number of aryl methyl sites for hydroxylation is 1. The molecule has 0 saturated carbocycles. The Bertz CT molecular complexity index is 330. The van der Waals surface area contributed by atoms with Crippen molar-refractivity contribution in [3.8, 4) is 0 Å². The van der Waals surface area contributed by atoms with E-state index in [9.17, 15) is 10.2 Å². The van der Waals surface area contributed by atoms with Crippen LogP contribution >= 0.6 is 11.6 Å². The first-order valence-electron chi connectivity index (χ1n) is 4.84. The lowest BCUT2D eigenvalue weighted by Crippen LogP contribution is -2.19. The number of hydrogen-bond acceptors (Lipinski definition) is 3. The lowest BCUT2D eigenvalue weighted by atomic mass is 10.00. The Morgan fingerprint density at radius 2 is 2.07 bits per heavy atom. The molecule has 4 N–H and O–H groups in total. The van der Waals surface area contributed by atoms with Crippen molar-refractivity contribution in [2.75, 3.05) is 11.6 Å². The van der Waals surface area contributed by atoms with E-state index < -0.39 is 12.2 Å². The van der Waals surface area contributed by atoms with Gasteiger partial charge in [-0.1, -0.05) is 12.1 Å². The number of rotatable bonds is 4. The summed E-state index contributed by atoms with van der Waals surface area (Å²) in [7, 11) is 0. The maximum Gasteiger partial charge on any atom is 0.107 e. The molecule has 4 heteroatoms. The van der Waals surface area contributed by atoms with Gasteiger partial charge in [0.25, 0.3) is 0 Å². The molecule has 1 aromatic carbocycles. The zero-order valence-corrected chi connectivity index (χ0v) is 9.41. The molecule has 0 spiro atoms. The summed E-state index contributed by atoms with van der Waals surface area (Å²) in [6.07, 6.45) is -1.49. The number of aliphatic hydroxyl groups excluding tert-OH is 2. The summed E-state index contributed by atoms with van der Waals surface area (Å²) in [5.41, 5.74) is 7.83. The van der Waals surface area contributed by atoms with E-state index in [1.54, 1.807) is 12.1 Å². The summed E-state index contributed by atoms with van der Waals surface area (Å²) in [6, 6.07) is 5.35. The summed E-state index contributed by atoms with van der Waals surface area (Å²) in [4.78, 5) is 0. The van der Waals surface area contributed by atoms with E-state index in [2.05, 4.69) is 0 Å². The van der Waals surface area contributed by atoms with E-state index in [1.165, 1.54) is 0 Å². The van der Waals surface area contributed by atoms with Crippen molar-refractivity contribution in [1.29, 1.82) is 0 Å². The minimum absolute atomic E-state index is 0.310. The summed E-state index contributed by atoms with van der Waals surface area (Å²) < 4.78 is 0. The SMILES string of the molecule is Cc1ccc(C(O)C(O)CCCl)c(N)c1. The Balaban J connectivity index is 2.86. The second-order valence-electron chi connectivity index (χ2n) is 3.62. The van der Waals surface area contributed by atoms with Crippen LogP contribution in [0.25, 0.3) is 0 Å². The van der Waals surface area contributed by atoms with Gasteiger partial charge < -0.3 is 15.9 Å². The molecule has 3 nitrogen and oxygen atoms in total. The first-order valence-corrected chi connectivity index (χ1v) is 5.38. The molecule has 0 aliphatic heterocycles. The number of anilines is 1. The molecule has 0 heterocycles. The van der Waals surface area contributed by atoms with E-state index in [0.29, 0.717) is 23.6 Å². The molecule has 1 aromatic rings. The standard InChI is InChI=1S/C11H16ClNO2/c1-7-2-3-8(9(13)6-7)11(15)10(14)4-5-12/h2-3,6,10-11,14-15H,4-5,13H2,1H3. The third-order valence-corrected chi connectivity index (χ3v) is 2.55. The van der Waals surface area contributed by atoms with Crippen molar-refractivity contribution < 1.29 is 10.2 Å². The van der Waals surface area contributed by atoms with Crippen molar-refractivity contribution in [3.63, 3.8) is 0 Å². The van der Waals surface area contributed by atoms with Gasteiger partial charge in [0.1, 0.15) is 6.10 Å². The molecule has 1 rings (SSSR count). The number of alkyl halides is 1. The molecule has 0 fully saturated rings. The molecule has 0 radical (unpaired) electrons. The summed E-state index contributed by atoms with van der Waals surface area (Å²) in [5, 5.41) is 19.4. The Hall–Kier alpha value is -0.770. The van der Waals surface area contributed by atoms with Gasteiger partial charge >= 0.3 is 0 Å². The highest BCUT2D eigenvalue weighted by atomic mass is 35.5. The van der Waals surface area contributed by atoms with Crippen LogP contribution in [-0.2, 0) is 0 Å². The first-order chi connectivity index (χ1) is 7.06. The van der Waals surface area contributed by atoms with Crippen molar-refractivity contribution in [2.24, 2.45) is 0 Å². The predicted octanol–water partition coefficient (Wildman–Crippen LogP) is 1.60. The lowest BCUT2D eigenvalue weighted by molar-refractivity contribution is 0.0174. The second-order valence-corrected chi connectivity index (χ2v) is 4.00. The normalized spacial score (nSPS) is 14.9. The number of hydrogen-bond donors (Lipinski definition) is 3. The molecule has 0 aliphatic rings. The molecule has 0 aromatic heterocycles. The van der Waals surface area contributed by atoms with Crippen LogP contribution in [0.15, 0.2) is 18.2 Å². The third kappa shape index (κ3) is 3.09. The van der Waals surface area contributed by atoms with Crippen LogP contribution in [0.3, 0.4) is 0 Å². The molecule has 15 heavy (non-hydrogen) atoms. The minimum atomic E-state index is -0.968. The molecule has 0 aliphatic carbocycles. The van der Waals surface area contributed by atoms with E-state index in [-0.39, 0.29) is 0 Å². The average molecular weight is 230 g/mol. The third-order valence-electron chi connectivity index (χ3n) is 2.33. The topological polar surface area (TPSA) is 66.5 Å². The van der Waals surface area contributed by atoms with Gasteiger partial charge in [-0.2, -0.15) is 0 Å². The number of nitrogens with two attached hydrogens (primary N) is 1. The minimum Gasteiger partial charge on any atom is -0.398 e. The van der Waals surface area contributed by atoms with Crippen molar-refractivity contribution in [3.05, 3.63) is 29.3 Å². The first kappa shape index (κ1) is 12.3. The Labute approximate surface area is 94.5 Å². The fourth-order valence-corrected chi connectivity index (χ4v) is 1.66. The quantitative estimate of drug-likeness (QED) is 0.543. The number of nitrogen functional groups attached to an aromatic ring is 1. The van der Waals surface area contributed by atoms with Crippen LogP contribution in [0, 0.1) is 6.92 Å². The molecule has 0 amide bonds. The van der Waals surface area contributed by atoms with Crippen LogP contribution < -0.4 is 5.73 Å². The monoisotopic (exact) mass is 229 g/mol. The van der Waals surface area contributed by atoms with Gasteiger partial charge in [-0.25, -0.2) is 0 Å². The zero-order chi connectivity index (χ0) is 11.4. The fraction of sp³-hybridized carbons (Fsp3) is 0.455. The molecule has 2 atom stereocenters. The van der Waals surface area contributed by atoms with Gasteiger partial charge in [-0.3, -0.25) is 0 Å². The highest BCUT2D eigenvalue weighted by molar-refractivity contribution is 6.17. The maximum absolute atomic E-state index is 9.80. The van der Waals surface area contributed by atoms with Gasteiger partial charge in [0.2, 0.25) is 0 Å². The van der Waals surface area contributed by atoms with Crippen LogP contribution in [0.4, 0.5) is 5.69 Å². The molecule has 84 valence electrons.